The molecule has 1 rings (SSSR count). The van der Waals surface area contributed by atoms with Crippen LogP contribution >= 0.6 is 0 Å². The molecule has 0 radical (unpaired) electrons. The molecule has 1 aromatic heterocycles. The van der Waals surface area contributed by atoms with Crippen molar-refractivity contribution in [1.29, 1.82) is 0 Å². The third-order valence-corrected chi connectivity index (χ3v) is 2.54. The van der Waals surface area contributed by atoms with Crippen LogP contribution in [0.15, 0.2) is 6.20 Å². The van der Waals surface area contributed by atoms with Gasteiger partial charge in [0, 0.05) is 6.20 Å². The molecule has 1 aromatic rings. The van der Waals surface area contributed by atoms with Crippen molar-refractivity contribution in [1.82, 2.24) is 14.9 Å². The summed E-state index contributed by atoms with van der Waals surface area (Å²) >= 11 is 0. The quantitative estimate of drug-likeness (QED) is 0.770. The lowest BCUT2D eigenvalue weighted by molar-refractivity contribution is -0.140. The van der Waals surface area contributed by atoms with E-state index in [1.165, 1.54) is 0 Å². The second-order valence-corrected chi connectivity index (χ2v) is 3.68. The largest absolute Gasteiger partial charge is 0.480 e. The maximum absolute atomic E-state index is 11.0. The SMILES string of the molecule is CNC(C(=O)O)C(C)n1cc(C)nc1C. The van der Waals surface area contributed by atoms with Gasteiger partial charge in [0.1, 0.15) is 11.9 Å². The summed E-state index contributed by atoms with van der Waals surface area (Å²) < 4.78 is 1.88. The molecule has 5 heteroatoms. The number of aryl methyl sites for hydroxylation is 2. The van der Waals surface area contributed by atoms with Crippen LogP contribution in [-0.4, -0.2) is 33.7 Å². The Kier molecular flexibility index (Phi) is 3.47. The molecule has 0 aliphatic rings. The average molecular weight is 211 g/mol. The number of hydrogen-bond acceptors (Lipinski definition) is 3. The Hall–Kier alpha value is -1.36. The summed E-state index contributed by atoms with van der Waals surface area (Å²) in [5.41, 5.74) is 0.902. The van der Waals surface area contributed by atoms with Crippen LogP contribution < -0.4 is 5.32 Å². The molecule has 0 amide bonds. The molecule has 0 bridgehead atoms. The highest BCUT2D eigenvalue weighted by atomic mass is 16.4. The number of aliphatic carboxylic acids is 1. The molecule has 0 fully saturated rings. The number of carboxylic acids is 1. The molecule has 0 aliphatic carbocycles. The highest BCUT2D eigenvalue weighted by Crippen LogP contribution is 2.14. The summed E-state index contributed by atoms with van der Waals surface area (Å²) in [6, 6.07) is -0.758. The Morgan fingerprint density at radius 1 is 1.60 bits per heavy atom. The summed E-state index contributed by atoms with van der Waals surface area (Å²) in [7, 11) is 1.65. The molecule has 0 saturated carbocycles. The topological polar surface area (TPSA) is 67.2 Å². The van der Waals surface area contributed by atoms with Crippen molar-refractivity contribution in [3.8, 4) is 0 Å². The number of imidazole rings is 1. The monoisotopic (exact) mass is 211 g/mol. The molecule has 0 aliphatic heterocycles. The Labute approximate surface area is 89.1 Å². The van der Waals surface area contributed by atoms with Crippen LogP contribution in [0.1, 0.15) is 24.5 Å². The van der Waals surface area contributed by atoms with Crippen LogP contribution in [0.4, 0.5) is 0 Å². The highest BCUT2D eigenvalue weighted by molar-refractivity contribution is 5.74. The Morgan fingerprint density at radius 2 is 2.20 bits per heavy atom. The van der Waals surface area contributed by atoms with E-state index < -0.39 is 12.0 Å². The second kappa shape index (κ2) is 4.44. The molecule has 2 atom stereocenters. The average Bonchev–Trinajstić information content (AvgIpc) is 2.45. The molecule has 0 aromatic carbocycles. The van der Waals surface area contributed by atoms with Crippen molar-refractivity contribution in [2.45, 2.75) is 32.9 Å². The van der Waals surface area contributed by atoms with Gasteiger partial charge in [-0.1, -0.05) is 0 Å². The lowest BCUT2D eigenvalue weighted by atomic mass is 10.1. The number of hydrogen-bond donors (Lipinski definition) is 2. The van der Waals surface area contributed by atoms with Gasteiger partial charge in [0.2, 0.25) is 0 Å². The normalized spacial score (nSPS) is 14.9. The lowest BCUT2D eigenvalue weighted by Crippen LogP contribution is -2.40. The first kappa shape index (κ1) is 11.7. The number of carboxylic acid groups (broad SMARTS) is 1. The first-order chi connectivity index (χ1) is 6.97. The molecule has 15 heavy (non-hydrogen) atoms. The predicted molar refractivity (Wildman–Crippen MR) is 56.9 cm³/mol. The summed E-state index contributed by atoms with van der Waals surface area (Å²) in [4.78, 5) is 15.2. The zero-order chi connectivity index (χ0) is 11.6. The molecule has 84 valence electrons. The van der Waals surface area contributed by atoms with Gasteiger partial charge in [0.05, 0.1) is 11.7 Å². The van der Waals surface area contributed by atoms with Crippen LogP contribution in [0.2, 0.25) is 0 Å². The molecule has 2 unspecified atom stereocenters. The Morgan fingerprint density at radius 3 is 2.53 bits per heavy atom. The van der Waals surface area contributed by atoms with Crippen LogP contribution in [0.25, 0.3) is 0 Å². The van der Waals surface area contributed by atoms with Crippen LogP contribution in [0.5, 0.6) is 0 Å². The fourth-order valence-electron chi connectivity index (χ4n) is 1.78. The molecular formula is C10H17N3O2. The van der Waals surface area contributed by atoms with Crippen molar-refractivity contribution in [2.24, 2.45) is 0 Å². The van der Waals surface area contributed by atoms with Gasteiger partial charge >= 0.3 is 5.97 Å². The maximum atomic E-state index is 11.0. The van der Waals surface area contributed by atoms with Gasteiger partial charge in [-0.2, -0.15) is 0 Å². The highest BCUT2D eigenvalue weighted by Gasteiger charge is 2.25. The van der Waals surface area contributed by atoms with E-state index in [9.17, 15) is 4.79 Å². The number of aromatic nitrogens is 2. The van der Waals surface area contributed by atoms with E-state index in [-0.39, 0.29) is 6.04 Å². The van der Waals surface area contributed by atoms with Gasteiger partial charge in [0.15, 0.2) is 0 Å². The van der Waals surface area contributed by atoms with E-state index in [1.807, 2.05) is 31.5 Å². The first-order valence-corrected chi connectivity index (χ1v) is 4.89. The number of rotatable bonds is 4. The minimum Gasteiger partial charge on any atom is -0.480 e. The van der Waals surface area contributed by atoms with Gasteiger partial charge in [-0.05, 0) is 27.8 Å². The van der Waals surface area contributed by atoms with Crippen molar-refractivity contribution < 1.29 is 9.90 Å². The van der Waals surface area contributed by atoms with Crippen molar-refractivity contribution in [3.05, 3.63) is 17.7 Å². The zero-order valence-electron chi connectivity index (χ0n) is 9.48. The second-order valence-electron chi connectivity index (χ2n) is 3.68. The van der Waals surface area contributed by atoms with Gasteiger partial charge in [0.25, 0.3) is 0 Å². The number of likely N-dealkylation sites (N-methyl/N-ethyl adjacent to an activating group) is 1. The fourth-order valence-corrected chi connectivity index (χ4v) is 1.78. The van der Waals surface area contributed by atoms with E-state index in [4.69, 9.17) is 5.11 Å². The number of nitrogens with zero attached hydrogens (tertiary/aromatic N) is 2. The van der Waals surface area contributed by atoms with Crippen LogP contribution in [0, 0.1) is 13.8 Å². The maximum Gasteiger partial charge on any atom is 0.322 e. The van der Waals surface area contributed by atoms with Gasteiger partial charge in [-0.15, -0.1) is 0 Å². The van der Waals surface area contributed by atoms with E-state index in [1.54, 1.807) is 7.05 Å². The molecule has 0 spiro atoms. The van der Waals surface area contributed by atoms with E-state index in [0.717, 1.165) is 11.5 Å². The van der Waals surface area contributed by atoms with Crippen LogP contribution in [-0.2, 0) is 4.79 Å². The molecular weight excluding hydrogens is 194 g/mol. The summed E-state index contributed by atoms with van der Waals surface area (Å²) in [6.07, 6.45) is 1.87. The third kappa shape index (κ3) is 2.36. The van der Waals surface area contributed by atoms with Crippen LogP contribution in [0.3, 0.4) is 0 Å². The molecule has 1 heterocycles. The fraction of sp³-hybridized carbons (Fsp3) is 0.600. The molecule has 5 nitrogen and oxygen atoms in total. The summed E-state index contributed by atoms with van der Waals surface area (Å²) in [6.45, 7) is 5.63. The van der Waals surface area contributed by atoms with Crippen molar-refractivity contribution in [3.63, 3.8) is 0 Å². The number of nitrogens with one attached hydrogen (secondary N) is 1. The van der Waals surface area contributed by atoms with E-state index >= 15 is 0 Å². The Balaban J connectivity index is 2.96. The first-order valence-electron chi connectivity index (χ1n) is 4.89. The smallest absolute Gasteiger partial charge is 0.322 e. The standard InChI is InChI=1S/C10H17N3O2/c1-6-5-13(8(3)12-6)7(2)9(11-4)10(14)15/h5,7,9,11H,1-4H3,(H,14,15). The van der Waals surface area contributed by atoms with Gasteiger partial charge < -0.3 is 15.0 Å². The lowest BCUT2D eigenvalue weighted by Gasteiger charge is -2.21. The van der Waals surface area contributed by atoms with Crippen molar-refractivity contribution in [2.75, 3.05) is 7.05 Å². The minimum absolute atomic E-state index is 0.159. The van der Waals surface area contributed by atoms with Gasteiger partial charge in [-0.3, -0.25) is 4.79 Å². The predicted octanol–water partition coefficient (Wildman–Crippen LogP) is 0.734. The van der Waals surface area contributed by atoms with E-state index in [0.29, 0.717) is 0 Å². The van der Waals surface area contributed by atoms with Crippen molar-refractivity contribution >= 4 is 5.97 Å². The zero-order valence-corrected chi connectivity index (χ0v) is 9.48. The van der Waals surface area contributed by atoms with E-state index in [2.05, 4.69) is 10.3 Å². The van der Waals surface area contributed by atoms with Gasteiger partial charge in [-0.25, -0.2) is 4.98 Å². The summed E-state index contributed by atoms with van der Waals surface area (Å²) in [5, 5.41) is 11.8. The number of carbonyl (C=O) groups is 1. The summed E-state index contributed by atoms with van der Waals surface area (Å²) in [5.74, 6) is -0.0164. The minimum atomic E-state index is -0.851. The molecule has 0 saturated heterocycles. The Bertz CT molecular complexity index is 360. The molecule has 2 N–H and O–H groups in total. The third-order valence-electron chi connectivity index (χ3n) is 2.54.